The van der Waals surface area contributed by atoms with Gasteiger partial charge in [-0.15, -0.1) is 29.9 Å². The smallest absolute Gasteiger partial charge is 0.0751 e. The summed E-state index contributed by atoms with van der Waals surface area (Å²) >= 11 is 4.23. The maximum absolute atomic E-state index is 5.39. The average Bonchev–Trinajstić information content (AvgIpc) is 3.18. The summed E-state index contributed by atoms with van der Waals surface area (Å²) in [7, 11) is 0. The van der Waals surface area contributed by atoms with Crippen molar-refractivity contribution in [3.05, 3.63) is 35.4 Å². The van der Waals surface area contributed by atoms with Crippen molar-refractivity contribution in [2.24, 2.45) is 11.3 Å². The predicted molar refractivity (Wildman–Crippen MR) is 82.9 cm³/mol. The van der Waals surface area contributed by atoms with Crippen molar-refractivity contribution in [3.63, 3.8) is 0 Å². The van der Waals surface area contributed by atoms with Gasteiger partial charge in [0.05, 0.1) is 4.58 Å². The fraction of sp³-hybridized carbons (Fsp3) is 0.500. The summed E-state index contributed by atoms with van der Waals surface area (Å²) in [6.45, 7) is 2.46. The number of thioether (sulfide) groups is 2. The zero-order chi connectivity index (χ0) is 12.6. The third-order valence-corrected chi connectivity index (χ3v) is 7.43. The molecule has 0 N–H and O–H groups in total. The van der Waals surface area contributed by atoms with Gasteiger partial charge in [-0.05, 0) is 53.4 Å². The molecule has 1 heterocycles. The number of hydrogen-bond acceptors (Lipinski definition) is 2. The van der Waals surface area contributed by atoms with Crippen molar-refractivity contribution in [3.8, 4) is 12.3 Å². The van der Waals surface area contributed by atoms with Crippen molar-refractivity contribution >= 4 is 23.5 Å². The highest BCUT2D eigenvalue weighted by molar-refractivity contribution is 8.16. The molecule has 0 bridgehead atoms. The van der Waals surface area contributed by atoms with E-state index >= 15 is 0 Å². The molecule has 1 saturated heterocycles. The second-order valence-corrected chi connectivity index (χ2v) is 8.19. The van der Waals surface area contributed by atoms with Gasteiger partial charge < -0.3 is 0 Å². The quantitative estimate of drug-likeness (QED) is 0.725. The molecule has 3 rings (SSSR count). The number of terminal acetylenes is 1. The molecule has 0 nitrogen and oxygen atoms in total. The highest BCUT2D eigenvalue weighted by Gasteiger charge is 2.46. The molecular weight excluding hydrogens is 256 g/mol. The molecule has 1 aliphatic carbocycles. The molecule has 1 aromatic carbocycles. The SMILES string of the molecule is C#Cc1ccc([C@H]2SC[C@H](C3(C)CC3)CS2)cc1. The Balaban J connectivity index is 1.63. The standard InChI is InChI=1S/C16H18S2/c1-3-12-4-6-13(7-5-12)15-17-10-14(11-18-15)16(2)8-9-16/h1,4-7,14-15H,8-11H2,2H3/t14-,15-. The first-order valence-electron chi connectivity index (χ1n) is 6.51. The van der Waals surface area contributed by atoms with Gasteiger partial charge in [-0.3, -0.25) is 0 Å². The van der Waals surface area contributed by atoms with Crippen LogP contribution < -0.4 is 0 Å². The van der Waals surface area contributed by atoms with Gasteiger partial charge in [-0.25, -0.2) is 0 Å². The van der Waals surface area contributed by atoms with Crippen LogP contribution in [0.15, 0.2) is 24.3 Å². The van der Waals surface area contributed by atoms with Crippen molar-refractivity contribution in [2.45, 2.75) is 24.3 Å². The van der Waals surface area contributed by atoms with Crippen LogP contribution in [0.5, 0.6) is 0 Å². The third-order valence-electron chi connectivity index (χ3n) is 4.27. The van der Waals surface area contributed by atoms with Gasteiger partial charge in [0.2, 0.25) is 0 Å². The van der Waals surface area contributed by atoms with Gasteiger partial charge >= 0.3 is 0 Å². The van der Waals surface area contributed by atoms with Crippen LogP contribution in [0, 0.1) is 23.7 Å². The highest BCUT2D eigenvalue weighted by Crippen LogP contribution is 2.58. The minimum atomic E-state index is 0.607. The van der Waals surface area contributed by atoms with Crippen LogP contribution in [0.25, 0.3) is 0 Å². The van der Waals surface area contributed by atoms with E-state index in [9.17, 15) is 0 Å². The van der Waals surface area contributed by atoms with Gasteiger partial charge in [-0.2, -0.15) is 0 Å². The van der Waals surface area contributed by atoms with E-state index in [1.165, 1.54) is 29.9 Å². The van der Waals surface area contributed by atoms with E-state index in [1.54, 1.807) is 0 Å². The van der Waals surface area contributed by atoms with Crippen LogP contribution in [0.1, 0.15) is 35.5 Å². The van der Waals surface area contributed by atoms with Crippen molar-refractivity contribution in [1.82, 2.24) is 0 Å². The lowest BCUT2D eigenvalue weighted by atomic mass is 9.95. The number of benzene rings is 1. The molecule has 18 heavy (non-hydrogen) atoms. The van der Waals surface area contributed by atoms with Gasteiger partial charge in [0.1, 0.15) is 0 Å². The first-order chi connectivity index (χ1) is 8.71. The Labute approximate surface area is 118 Å². The monoisotopic (exact) mass is 274 g/mol. The summed E-state index contributed by atoms with van der Waals surface area (Å²) in [5.41, 5.74) is 3.08. The molecule has 2 heteroatoms. The average molecular weight is 274 g/mol. The van der Waals surface area contributed by atoms with E-state index in [4.69, 9.17) is 6.42 Å². The molecule has 2 fully saturated rings. The molecule has 1 aromatic rings. The number of hydrogen-bond donors (Lipinski definition) is 0. The molecular formula is C16H18S2. The third kappa shape index (κ3) is 2.44. The van der Waals surface area contributed by atoms with Crippen molar-refractivity contribution in [2.75, 3.05) is 11.5 Å². The van der Waals surface area contributed by atoms with Gasteiger partial charge in [0.25, 0.3) is 0 Å². The molecule has 94 valence electrons. The lowest BCUT2D eigenvalue weighted by molar-refractivity contribution is 0.409. The van der Waals surface area contributed by atoms with Crippen LogP contribution in [0.4, 0.5) is 0 Å². The van der Waals surface area contributed by atoms with Crippen LogP contribution >= 0.6 is 23.5 Å². The van der Waals surface area contributed by atoms with Crippen molar-refractivity contribution in [1.29, 1.82) is 0 Å². The summed E-state index contributed by atoms with van der Waals surface area (Å²) in [5, 5.41) is 0. The Bertz CT molecular complexity index is 457. The van der Waals surface area contributed by atoms with Gasteiger partial charge in [0, 0.05) is 5.56 Å². The van der Waals surface area contributed by atoms with Crippen molar-refractivity contribution < 1.29 is 0 Å². The predicted octanol–water partition coefficient (Wildman–Crippen LogP) is 4.56. The minimum absolute atomic E-state index is 0.607. The topological polar surface area (TPSA) is 0 Å². The molecule has 0 aromatic heterocycles. The molecule has 0 atom stereocenters. The van der Waals surface area contributed by atoms with Gasteiger partial charge in [0.15, 0.2) is 0 Å². The van der Waals surface area contributed by atoms with Gasteiger partial charge in [-0.1, -0.05) is 25.0 Å². The molecule has 2 aliphatic rings. The zero-order valence-electron chi connectivity index (χ0n) is 10.7. The highest BCUT2D eigenvalue weighted by atomic mass is 32.2. The van der Waals surface area contributed by atoms with Crippen LogP contribution in [0.3, 0.4) is 0 Å². The van der Waals surface area contributed by atoms with E-state index in [2.05, 4.69) is 60.6 Å². The molecule has 0 spiro atoms. The fourth-order valence-electron chi connectivity index (χ4n) is 2.44. The molecule has 0 amide bonds. The van der Waals surface area contributed by atoms with Crippen LogP contribution in [-0.4, -0.2) is 11.5 Å². The van der Waals surface area contributed by atoms with Crippen LogP contribution in [0.2, 0.25) is 0 Å². The largest absolute Gasteiger partial charge is 0.142 e. The van der Waals surface area contributed by atoms with E-state index < -0.39 is 0 Å². The lowest BCUT2D eigenvalue weighted by Gasteiger charge is -2.31. The second kappa shape index (κ2) is 4.87. The Hall–Kier alpha value is -0.520. The van der Waals surface area contributed by atoms with E-state index in [1.807, 2.05) is 0 Å². The minimum Gasteiger partial charge on any atom is -0.142 e. The first-order valence-corrected chi connectivity index (χ1v) is 8.61. The second-order valence-electron chi connectivity index (χ2n) is 5.62. The summed E-state index contributed by atoms with van der Waals surface area (Å²) in [6.07, 6.45) is 8.28. The first kappa shape index (κ1) is 12.5. The lowest BCUT2D eigenvalue weighted by Crippen LogP contribution is -2.22. The fourth-order valence-corrected chi connectivity index (χ4v) is 6.00. The van der Waals surface area contributed by atoms with E-state index in [0.717, 1.165) is 11.5 Å². The maximum atomic E-state index is 5.39. The summed E-state index contributed by atoms with van der Waals surface area (Å²) in [6, 6.07) is 8.51. The van der Waals surface area contributed by atoms with E-state index in [-0.39, 0.29) is 0 Å². The zero-order valence-corrected chi connectivity index (χ0v) is 12.3. The molecule has 0 unspecified atom stereocenters. The Morgan fingerprint density at radius 1 is 1.17 bits per heavy atom. The molecule has 1 saturated carbocycles. The Morgan fingerprint density at radius 3 is 2.28 bits per heavy atom. The Morgan fingerprint density at radius 2 is 1.78 bits per heavy atom. The summed E-state index contributed by atoms with van der Waals surface area (Å²) < 4.78 is 0.607. The normalized spacial score (nSPS) is 29.6. The molecule has 1 aliphatic heterocycles. The number of rotatable bonds is 2. The molecule has 0 radical (unpaired) electrons. The summed E-state index contributed by atoms with van der Waals surface area (Å²) in [4.78, 5) is 0. The van der Waals surface area contributed by atoms with Crippen LogP contribution in [-0.2, 0) is 0 Å². The van der Waals surface area contributed by atoms with E-state index in [0.29, 0.717) is 10.00 Å². The summed E-state index contributed by atoms with van der Waals surface area (Å²) in [5.74, 6) is 6.25. The Kier molecular flexibility index (Phi) is 3.38. The maximum Gasteiger partial charge on any atom is 0.0751 e.